The Balaban J connectivity index is 1.64. The van der Waals surface area contributed by atoms with Gasteiger partial charge in [-0.1, -0.05) is 36.4 Å². The monoisotopic (exact) mass is 292 g/mol. The molecular weight excluding hydrogens is 272 g/mol. The van der Waals surface area contributed by atoms with E-state index in [1.54, 1.807) is 32.7 Å². The first-order valence-electron chi connectivity index (χ1n) is 8.31. The molecule has 2 atom stereocenters. The Kier molecular flexibility index (Phi) is 2.73. The Hall–Kier alpha value is -1.21. The topological polar surface area (TPSA) is 0 Å². The lowest BCUT2D eigenvalue weighted by molar-refractivity contribution is 0.578. The highest BCUT2D eigenvalue weighted by molar-refractivity contribution is 8.00. The van der Waals surface area contributed by atoms with E-state index in [1.165, 1.54) is 38.5 Å². The van der Waals surface area contributed by atoms with Crippen LogP contribution in [-0.2, 0) is 19.3 Å². The van der Waals surface area contributed by atoms with E-state index in [0.29, 0.717) is 5.25 Å². The van der Waals surface area contributed by atoms with Gasteiger partial charge in [0, 0.05) is 16.1 Å². The van der Waals surface area contributed by atoms with E-state index in [9.17, 15) is 0 Å². The summed E-state index contributed by atoms with van der Waals surface area (Å²) in [6.45, 7) is 0. The normalized spacial score (nSPS) is 25.7. The molecule has 3 aliphatic rings. The number of rotatable bonds is 0. The third-order valence-electron chi connectivity index (χ3n) is 5.61. The molecule has 2 aromatic rings. The van der Waals surface area contributed by atoms with Crippen molar-refractivity contribution in [1.82, 2.24) is 0 Å². The van der Waals surface area contributed by atoms with Crippen molar-refractivity contribution in [2.24, 2.45) is 0 Å². The molecule has 0 amide bonds. The minimum atomic E-state index is 0.679. The molecule has 0 N–H and O–H groups in total. The van der Waals surface area contributed by atoms with Gasteiger partial charge >= 0.3 is 0 Å². The zero-order chi connectivity index (χ0) is 13.8. The van der Waals surface area contributed by atoms with Gasteiger partial charge in [0.15, 0.2) is 0 Å². The maximum atomic E-state index is 2.46. The number of fused-ring (bicyclic) bond motifs is 7. The van der Waals surface area contributed by atoms with E-state index < -0.39 is 0 Å². The highest BCUT2D eigenvalue weighted by atomic mass is 32.2. The lowest BCUT2D eigenvalue weighted by Gasteiger charge is -2.27. The van der Waals surface area contributed by atoms with Gasteiger partial charge in [0.05, 0.1) is 0 Å². The first-order valence-corrected chi connectivity index (χ1v) is 9.19. The molecule has 0 nitrogen and oxygen atoms in total. The number of hydrogen-bond donors (Lipinski definition) is 0. The van der Waals surface area contributed by atoms with Crippen LogP contribution in [0.4, 0.5) is 0 Å². The average Bonchev–Trinajstić information content (AvgIpc) is 2.94. The lowest BCUT2D eigenvalue weighted by atomic mass is 9.78. The van der Waals surface area contributed by atoms with Gasteiger partial charge in [-0.3, -0.25) is 0 Å². The summed E-state index contributed by atoms with van der Waals surface area (Å²) in [7, 11) is 0. The zero-order valence-electron chi connectivity index (χ0n) is 12.3. The Morgan fingerprint density at radius 1 is 0.810 bits per heavy atom. The van der Waals surface area contributed by atoms with Crippen LogP contribution in [0, 0.1) is 0 Å². The highest BCUT2D eigenvalue weighted by Crippen LogP contribution is 2.60. The molecule has 0 saturated carbocycles. The van der Waals surface area contributed by atoms with Crippen molar-refractivity contribution in [2.45, 2.75) is 54.6 Å². The van der Waals surface area contributed by atoms with Gasteiger partial charge in [-0.25, -0.2) is 0 Å². The Bertz CT molecular complexity index is 716. The summed E-state index contributed by atoms with van der Waals surface area (Å²) in [6.07, 6.45) is 7.97. The minimum Gasteiger partial charge on any atom is -0.117 e. The maximum Gasteiger partial charge on any atom is 0.0416 e. The molecule has 1 aliphatic heterocycles. The molecule has 1 heterocycles. The highest BCUT2D eigenvalue weighted by Gasteiger charge is 2.39. The fourth-order valence-electron chi connectivity index (χ4n) is 4.55. The number of thioether (sulfide) groups is 1. The quantitative estimate of drug-likeness (QED) is 0.623. The van der Waals surface area contributed by atoms with Gasteiger partial charge < -0.3 is 0 Å². The van der Waals surface area contributed by atoms with Crippen molar-refractivity contribution >= 4 is 11.8 Å². The molecule has 1 heteroatoms. The van der Waals surface area contributed by atoms with Crippen molar-refractivity contribution in [3.63, 3.8) is 0 Å². The number of benzene rings is 2. The largest absolute Gasteiger partial charge is 0.117 e. The molecule has 0 radical (unpaired) electrons. The van der Waals surface area contributed by atoms with Gasteiger partial charge in [-0.2, -0.15) is 0 Å². The third-order valence-corrected chi connectivity index (χ3v) is 7.16. The SMILES string of the molecule is c1ccc2c(c1)CCC1c3ccc4c(c3SC21)CCCC4. The molecule has 0 saturated heterocycles. The predicted molar refractivity (Wildman–Crippen MR) is 89.2 cm³/mol. The van der Waals surface area contributed by atoms with Crippen LogP contribution < -0.4 is 0 Å². The second-order valence-corrected chi connectivity index (χ2v) is 7.86. The van der Waals surface area contributed by atoms with Crippen molar-refractivity contribution in [3.8, 4) is 0 Å². The summed E-state index contributed by atoms with van der Waals surface area (Å²) < 4.78 is 0. The van der Waals surface area contributed by atoms with Gasteiger partial charge in [-0.05, 0) is 66.3 Å². The van der Waals surface area contributed by atoms with E-state index in [4.69, 9.17) is 0 Å². The van der Waals surface area contributed by atoms with Crippen LogP contribution in [0.2, 0.25) is 0 Å². The molecule has 21 heavy (non-hydrogen) atoms. The fourth-order valence-corrected chi connectivity index (χ4v) is 6.34. The van der Waals surface area contributed by atoms with E-state index in [2.05, 4.69) is 48.2 Å². The molecule has 2 aliphatic carbocycles. The third kappa shape index (κ3) is 1.76. The van der Waals surface area contributed by atoms with Gasteiger partial charge in [0.25, 0.3) is 0 Å². The standard InChI is InChI=1S/C20H20S/c1-3-7-15-13(5-1)9-11-17-18-12-10-14-6-2-4-8-16(14)20(18)21-19(15)17/h1,3,5,7,10,12,17,19H,2,4,6,8-9,11H2. The summed E-state index contributed by atoms with van der Waals surface area (Å²) in [5.74, 6) is 0.757. The first kappa shape index (κ1) is 12.3. The molecular formula is C20H20S. The van der Waals surface area contributed by atoms with E-state index in [1.807, 2.05) is 0 Å². The fraction of sp³-hybridized carbons (Fsp3) is 0.400. The van der Waals surface area contributed by atoms with Crippen LogP contribution in [0.25, 0.3) is 0 Å². The summed E-state index contributed by atoms with van der Waals surface area (Å²) in [5.41, 5.74) is 8.21. The van der Waals surface area contributed by atoms with E-state index in [-0.39, 0.29) is 0 Å². The molecule has 2 unspecified atom stereocenters. The van der Waals surface area contributed by atoms with Crippen LogP contribution in [0.3, 0.4) is 0 Å². The Morgan fingerprint density at radius 3 is 2.71 bits per heavy atom. The smallest absolute Gasteiger partial charge is 0.0416 e. The van der Waals surface area contributed by atoms with Gasteiger partial charge in [0.2, 0.25) is 0 Å². The van der Waals surface area contributed by atoms with Crippen molar-refractivity contribution in [3.05, 3.63) is 64.2 Å². The number of aryl methyl sites for hydroxylation is 2. The summed E-state index contributed by atoms with van der Waals surface area (Å²) in [5, 5.41) is 0.679. The first-order chi connectivity index (χ1) is 10.4. The van der Waals surface area contributed by atoms with Crippen LogP contribution in [0.1, 0.15) is 58.2 Å². The average molecular weight is 292 g/mol. The molecule has 0 aromatic heterocycles. The molecule has 5 rings (SSSR count). The zero-order valence-corrected chi connectivity index (χ0v) is 13.1. The molecule has 2 aromatic carbocycles. The molecule has 106 valence electrons. The lowest BCUT2D eigenvalue weighted by Crippen LogP contribution is -2.13. The van der Waals surface area contributed by atoms with Gasteiger partial charge in [-0.15, -0.1) is 11.8 Å². The second-order valence-electron chi connectivity index (χ2n) is 6.71. The molecule has 0 bridgehead atoms. The minimum absolute atomic E-state index is 0.679. The van der Waals surface area contributed by atoms with Crippen molar-refractivity contribution in [2.75, 3.05) is 0 Å². The van der Waals surface area contributed by atoms with Crippen LogP contribution in [0.5, 0.6) is 0 Å². The van der Waals surface area contributed by atoms with Crippen molar-refractivity contribution in [1.29, 1.82) is 0 Å². The van der Waals surface area contributed by atoms with E-state index in [0.717, 1.165) is 5.92 Å². The number of hydrogen-bond acceptors (Lipinski definition) is 1. The van der Waals surface area contributed by atoms with Crippen LogP contribution in [0.15, 0.2) is 41.3 Å². The maximum absolute atomic E-state index is 2.46. The summed E-state index contributed by atoms with van der Waals surface area (Å²) in [4.78, 5) is 1.67. The Labute approximate surface area is 131 Å². The predicted octanol–water partition coefficient (Wildman–Crippen LogP) is 5.44. The molecule has 0 fully saturated rings. The van der Waals surface area contributed by atoms with Crippen LogP contribution in [-0.4, -0.2) is 0 Å². The summed E-state index contributed by atoms with van der Waals surface area (Å²) in [6, 6.07) is 14.0. The second kappa shape index (κ2) is 4.64. The van der Waals surface area contributed by atoms with E-state index >= 15 is 0 Å². The van der Waals surface area contributed by atoms with Crippen LogP contribution >= 0.6 is 11.8 Å². The Morgan fingerprint density at radius 2 is 1.71 bits per heavy atom. The van der Waals surface area contributed by atoms with Crippen molar-refractivity contribution < 1.29 is 0 Å². The molecule has 0 spiro atoms. The summed E-state index contributed by atoms with van der Waals surface area (Å²) >= 11 is 2.18. The van der Waals surface area contributed by atoms with Gasteiger partial charge in [0.1, 0.15) is 0 Å².